The Bertz CT molecular complexity index is 1210. The van der Waals surface area contributed by atoms with Gasteiger partial charge in [-0.05, 0) is 30.2 Å². The molecule has 3 nitrogen and oxygen atoms in total. The van der Waals surface area contributed by atoms with Crippen LogP contribution >= 0.6 is 0 Å². The summed E-state index contributed by atoms with van der Waals surface area (Å²) < 4.78 is 2.29. The van der Waals surface area contributed by atoms with Gasteiger partial charge in [-0.2, -0.15) is 0 Å². The molecule has 0 spiro atoms. The van der Waals surface area contributed by atoms with Crippen molar-refractivity contribution in [2.75, 3.05) is 19.6 Å². The summed E-state index contributed by atoms with van der Waals surface area (Å²) in [6.45, 7) is 12.3. The molecule has 0 aliphatic carbocycles. The van der Waals surface area contributed by atoms with Gasteiger partial charge in [0.05, 0.1) is 18.3 Å². The molecular formula is C30H32N2O. The van der Waals surface area contributed by atoms with Crippen LogP contribution in [0.5, 0.6) is 0 Å². The topological polar surface area (TPSA) is 28.4 Å². The number of hydrogen-bond acceptors (Lipinski definition) is 2. The molecular weight excluding hydrogens is 404 g/mol. The van der Waals surface area contributed by atoms with Crippen LogP contribution in [-0.4, -0.2) is 40.3 Å². The first kappa shape index (κ1) is 22.8. The molecule has 0 aliphatic heterocycles. The molecule has 4 aromatic rings. The molecule has 1 N–H and O–H groups in total. The zero-order valence-electron chi connectivity index (χ0n) is 19.3. The first-order valence-electron chi connectivity index (χ1n) is 11.5. The molecule has 0 bridgehead atoms. The van der Waals surface area contributed by atoms with Gasteiger partial charge in [-0.15, -0.1) is 13.2 Å². The van der Waals surface area contributed by atoms with Crippen LogP contribution in [-0.2, 0) is 6.54 Å². The van der Waals surface area contributed by atoms with E-state index in [4.69, 9.17) is 0 Å². The Kier molecular flexibility index (Phi) is 7.23. The SMILES string of the molecule is C=CCN(CC=C)C[C@H](O)Cn1c(-c2ccccc2)c(-c2ccccc2)c2cc(C)ccc21. The molecule has 0 radical (unpaired) electrons. The maximum atomic E-state index is 11.2. The second-order valence-electron chi connectivity index (χ2n) is 8.54. The quantitative estimate of drug-likeness (QED) is 0.295. The fraction of sp³-hybridized carbons (Fsp3) is 0.200. The first-order chi connectivity index (χ1) is 16.1. The third kappa shape index (κ3) is 5.00. The summed E-state index contributed by atoms with van der Waals surface area (Å²) in [6.07, 6.45) is 3.20. The minimum absolute atomic E-state index is 0.501. The minimum atomic E-state index is -0.534. The van der Waals surface area contributed by atoms with Gasteiger partial charge >= 0.3 is 0 Å². The van der Waals surface area contributed by atoms with Crippen LogP contribution in [0.1, 0.15) is 5.56 Å². The van der Waals surface area contributed by atoms with Crippen LogP contribution in [0.3, 0.4) is 0 Å². The van der Waals surface area contributed by atoms with Crippen molar-refractivity contribution in [1.82, 2.24) is 9.47 Å². The lowest BCUT2D eigenvalue weighted by atomic mass is 9.98. The molecule has 0 aliphatic rings. The summed E-state index contributed by atoms with van der Waals surface area (Å²) in [5.41, 5.74) is 7.03. The van der Waals surface area contributed by atoms with E-state index in [1.165, 1.54) is 22.1 Å². The Labute approximate surface area is 196 Å². The Morgan fingerprint density at radius 2 is 1.48 bits per heavy atom. The molecule has 0 saturated heterocycles. The number of aromatic nitrogens is 1. The smallest absolute Gasteiger partial charge is 0.0846 e. The summed E-state index contributed by atoms with van der Waals surface area (Å²) >= 11 is 0. The van der Waals surface area contributed by atoms with Crippen molar-refractivity contribution in [3.05, 3.63) is 110 Å². The van der Waals surface area contributed by atoms with E-state index in [1.807, 2.05) is 24.3 Å². The highest BCUT2D eigenvalue weighted by Gasteiger charge is 2.22. The van der Waals surface area contributed by atoms with Gasteiger partial charge in [-0.25, -0.2) is 0 Å². The molecule has 0 fully saturated rings. The summed E-state index contributed by atoms with van der Waals surface area (Å²) in [5, 5.41) is 12.4. The first-order valence-corrected chi connectivity index (χ1v) is 11.5. The van der Waals surface area contributed by atoms with E-state index in [2.05, 4.69) is 96.3 Å². The van der Waals surface area contributed by atoms with Gasteiger partial charge < -0.3 is 9.67 Å². The Morgan fingerprint density at radius 3 is 2.09 bits per heavy atom. The summed E-state index contributed by atoms with van der Waals surface area (Å²) in [6, 6.07) is 27.6. The molecule has 0 amide bonds. The largest absolute Gasteiger partial charge is 0.390 e. The third-order valence-corrected chi connectivity index (χ3v) is 5.97. The van der Waals surface area contributed by atoms with E-state index in [9.17, 15) is 5.11 Å². The average Bonchev–Trinajstić information content (AvgIpc) is 3.13. The lowest BCUT2D eigenvalue weighted by Gasteiger charge is -2.24. The lowest BCUT2D eigenvalue weighted by molar-refractivity contribution is 0.110. The number of aliphatic hydroxyl groups excluding tert-OH is 1. The Balaban J connectivity index is 1.88. The number of aliphatic hydroxyl groups is 1. The zero-order valence-corrected chi connectivity index (χ0v) is 19.3. The van der Waals surface area contributed by atoms with Crippen LogP contribution in [0.15, 0.2) is 104 Å². The van der Waals surface area contributed by atoms with Crippen molar-refractivity contribution in [2.24, 2.45) is 0 Å². The van der Waals surface area contributed by atoms with Crippen LogP contribution in [0.25, 0.3) is 33.3 Å². The van der Waals surface area contributed by atoms with Gasteiger partial charge in [0, 0.05) is 36.1 Å². The molecule has 1 atom stereocenters. The van der Waals surface area contributed by atoms with Gasteiger partial charge in [0.25, 0.3) is 0 Å². The van der Waals surface area contributed by atoms with E-state index in [-0.39, 0.29) is 0 Å². The van der Waals surface area contributed by atoms with E-state index >= 15 is 0 Å². The normalized spacial score (nSPS) is 12.2. The Hall–Kier alpha value is -3.40. The molecule has 168 valence electrons. The highest BCUT2D eigenvalue weighted by molar-refractivity contribution is 6.04. The van der Waals surface area contributed by atoms with Gasteiger partial charge in [0.2, 0.25) is 0 Å². The van der Waals surface area contributed by atoms with Crippen molar-refractivity contribution in [3.63, 3.8) is 0 Å². The average molecular weight is 437 g/mol. The van der Waals surface area contributed by atoms with Crippen molar-refractivity contribution >= 4 is 10.9 Å². The highest BCUT2D eigenvalue weighted by atomic mass is 16.3. The van der Waals surface area contributed by atoms with Crippen LogP contribution in [0, 0.1) is 6.92 Å². The van der Waals surface area contributed by atoms with Gasteiger partial charge in [0.1, 0.15) is 0 Å². The second-order valence-corrected chi connectivity index (χ2v) is 8.54. The van der Waals surface area contributed by atoms with E-state index < -0.39 is 6.10 Å². The summed E-state index contributed by atoms with van der Waals surface area (Å²) in [7, 11) is 0. The number of aryl methyl sites for hydroxylation is 1. The minimum Gasteiger partial charge on any atom is -0.390 e. The summed E-state index contributed by atoms with van der Waals surface area (Å²) in [4.78, 5) is 2.15. The predicted molar refractivity (Wildman–Crippen MR) is 140 cm³/mol. The predicted octanol–water partition coefficient (Wildman–Crippen LogP) is 6.32. The van der Waals surface area contributed by atoms with Crippen molar-refractivity contribution in [1.29, 1.82) is 0 Å². The molecule has 1 aromatic heterocycles. The van der Waals surface area contributed by atoms with Crippen molar-refractivity contribution < 1.29 is 5.11 Å². The maximum Gasteiger partial charge on any atom is 0.0846 e. The number of rotatable bonds is 10. The monoisotopic (exact) mass is 436 g/mol. The molecule has 0 saturated carbocycles. The van der Waals surface area contributed by atoms with E-state index in [0.717, 1.165) is 29.9 Å². The highest BCUT2D eigenvalue weighted by Crippen LogP contribution is 2.41. The van der Waals surface area contributed by atoms with Crippen LogP contribution in [0.4, 0.5) is 0 Å². The molecule has 33 heavy (non-hydrogen) atoms. The number of benzene rings is 3. The lowest BCUT2D eigenvalue weighted by Crippen LogP contribution is -2.35. The third-order valence-electron chi connectivity index (χ3n) is 5.97. The van der Waals surface area contributed by atoms with E-state index in [0.29, 0.717) is 13.1 Å². The molecule has 3 aromatic carbocycles. The van der Waals surface area contributed by atoms with Crippen LogP contribution in [0.2, 0.25) is 0 Å². The van der Waals surface area contributed by atoms with Gasteiger partial charge in [0.15, 0.2) is 0 Å². The van der Waals surface area contributed by atoms with Gasteiger partial charge in [-0.3, -0.25) is 4.90 Å². The fourth-order valence-corrected chi connectivity index (χ4v) is 4.61. The maximum absolute atomic E-state index is 11.2. The molecule has 4 rings (SSSR count). The zero-order chi connectivity index (χ0) is 23.2. The number of fused-ring (bicyclic) bond motifs is 1. The Morgan fingerprint density at radius 1 is 0.879 bits per heavy atom. The number of hydrogen-bond donors (Lipinski definition) is 1. The fourth-order valence-electron chi connectivity index (χ4n) is 4.61. The molecule has 0 unspecified atom stereocenters. The molecule has 3 heteroatoms. The number of nitrogens with zero attached hydrogens (tertiary/aromatic N) is 2. The van der Waals surface area contributed by atoms with Crippen molar-refractivity contribution in [3.8, 4) is 22.4 Å². The molecule has 1 heterocycles. The van der Waals surface area contributed by atoms with Crippen molar-refractivity contribution in [2.45, 2.75) is 19.6 Å². The summed E-state index contributed by atoms with van der Waals surface area (Å²) in [5.74, 6) is 0. The van der Waals surface area contributed by atoms with E-state index in [1.54, 1.807) is 0 Å². The van der Waals surface area contributed by atoms with Gasteiger partial charge in [-0.1, -0.05) is 84.4 Å². The standard InChI is InChI=1S/C30H32N2O/c1-4-18-31(19-5-2)21-26(33)22-32-28-17-16-23(3)20-27(28)29(24-12-8-6-9-13-24)30(32)25-14-10-7-11-15-25/h4-17,20,26,33H,1-2,18-19,21-22H2,3H3/t26-/m0/s1. The van der Waals surface area contributed by atoms with Crippen LogP contribution < -0.4 is 0 Å². The second kappa shape index (κ2) is 10.5.